The van der Waals surface area contributed by atoms with Crippen molar-refractivity contribution in [3.05, 3.63) is 93.9 Å². The molecule has 3 aromatic rings. The minimum Gasteiger partial charge on any atom is -0.349 e. The number of carbonyl (C=O) groups excluding carboxylic acids is 2. The molecule has 0 spiro atoms. The normalized spacial score (nSPS) is 13.0. The zero-order chi connectivity index (χ0) is 21.1. The van der Waals surface area contributed by atoms with Crippen molar-refractivity contribution in [3.63, 3.8) is 0 Å². The number of nitrogens with zero attached hydrogens (tertiary/aromatic N) is 3. The molecule has 0 radical (unpaired) electrons. The molecule has 1 aliphatic rings. The Morgan fingerprint density at radius 2 is 1.83 bits per heavy atom. The summed E-state index contributed by atoms with van der Waals surface area (Å²) >= 11 is 0. The Hall–Kier alpha value is -3.74. The van der Waals surface area contributed by atoms with Crippen molar-refractivity contribution in [2.24, 2.45) is 0 Å². The van der Waals surface area contributed by atoms with Crippen LogP contribution >= 0.6 is 0 Å². The van der Waals surface area contributed by atoms with Crippen LogP contribution in [0, 0.1) is 0 Å². The fourth-order valence-corrected chi connectivity index (χ4v) is 3.07. The van der Waals surface area contributed by atoms with E-state index in [1.165, 1.54) is 21.7 Å². The number of anilines is 1. The van der Waals surface area contributed by atoms with Crippen molar-refractivity contribution >= 4 is 17.5 Å². The molecule has 0 bridgehead atoms. The Morgan fingerprint density at radius 3 is 2.57 bits per heavy atom. The van der Waals surface area contributed by atoms with Gasteiger partial charge in [0.1, 0.15) is 5.69 Å². The van der Waals surface area contributed by atoms with E-state index in [-0.39, 0.29) is 35.7 Å². The summed E-state index contributed by atoms with van der Waals surface area (Å²) in [7, 11) is 1.62. The fraction of sp³-hybridized carbons (Fsp3) is 0.217. The molecule has 0 aliphatic heterocycles. The Balaban J connectivity index is 1.54. The van der Waals surface area contributed by atoms with Gasteiger partial charge in [-0.05, 0) is 42.7 Å². The molecular weight excluding hydrogens is 380 g/mol. The van der Waals surface area contributed by atoms with Crippen molar-refractivity contribution in [2.45, 2.75) is 25.4 Å². The van der Waals surface area contributed by atoms with E-state index in [1.807, 2.05) is 30.3 Å². The number of rotatable bonds is 6. The van der Waals surface area contributed by atoms with Crippen LogP contribution in [0.2, 0.25) is 0 Å². The summed E-state index contributed by atoms with van der Waals surface area (Å²) in [6.45, 7) is 0.279. The van der Waals surface area contributed by atoms with Gasteiger partial charge in [-0.3, -0.25) is 14.4 Å². The number of aromatic nitrogens is 2. The van der Waals surface area contributed by atoms with Crippen molar-refractivity contribution in [1.82, 2.24) is 15.1 Å². The van der Waals surface area contributed by atoms with Crippen LogP contribution in [0.15, 0.2) is 71.5 Å². The quantitative estimate of drug-likeness (QED) is 0.687. The maximum Gasteiger partial charge on any atom is 0.278 e. The van der Waals surface area contributed by atoms with Gasteiger partial charge in [-0.25, -0.2) is 4.68 Å². The molecule has 2 amide bonds. The van der Waals surface area contributed by atoms with Gasteiger partial charge in [0.15, 0.2) is 0 Å². The van der Waals surface area contributed by atoms with E-state index in [2.05, 4.69) is 10.4 Å². The predicted molar refractivity (Wildman–Crippen MR) is 114 cm³/mol. The molecule has 7 nitrogen and oxygen atoms in total. The molecule has 0 unspecified atom stereocenters. The molecule has 2 aromatic carbocycles. The molecule has 1 aromatic heterocycles. The molecule has 0 atom stereocenters. The summed E-state index contributed by atoms with van der Waals surface area (Å²) < 4.78 is 1.27. The lowest BCUT2D eigenvalue weighted by atomic mass is 10.1. The lowest BCUT2D eigenvalue weighted by Crippen LogP contribution is -2.31. The minimum absolute atomic E-state index is 0.144. The van der Waals surface area contributed by atoms with Crippen LogP contribution in [-0.4, -0.2) is 34.7 Å². The zero-order valence-corrected chi connectivity index (χ0v) is 16.6. The van der Waals surface area contributed by atoms with Crippen LogP contribution in [0.25, 0.3) is 0 Å². The standard InChI is InChI=1S/C23H22N4O3/c1-26(19-9-5-8-17(14-19)22(29)24-18-10-11-18)23(30)20-12-13-21(28)27(25-20)15-16-6-3-2-4-7-16/h2-9,12-14,18H,10-11,15H2,1H3,(H,24,29). The molecular formula is C23H22N4O3. The first-order chi connectivity index (χ1) is 14.5. The van der Waals surface area contributed by atoms with Crippen molar-refractivity contribution in [3.8, 4) is 0 Å². The Morgan fingerprint density at radius 1 is 1.07 bits per heavy atom. The van der Waals surface area contributed by atoms with E-state index in [0.717, 1.165) is 18.4 Å². The summed E-state index contributed by atoms with van der Waals surface area (Å²) in [5.41, 5.74) is 1.87. The Kier molecular flexibility index (Phi) is 5.43. The molecule has 1 aliphatic carbocycles. The van der Waals surface area contributed by atoms with Crippen molar-refractivity contribution in [2.75, 3.05) is 11.9 Å². The van der Waals surface area contributed by atoms with E-state index >= 15 is 0 Å². The monoisotopic (exact) mass is 402 g/mol. The van der Waals surface area contributed by atoms with Gasteiger partial charge < -0.3 is 10.2 Å². The molecule has 152 valence electrons. The highest BCUT2D eigenvalue weighted by atomic mass is 16.2. The fourth-order valence-electron chi connectivity index (χ4n) is 3.07. The molecule has 1 saturated carbocycles. The number of nitrogens with one attached hydrogen (secondary N) is 1. The molecule has 1 fully saturated rings. The second kappa shape index (κ2) is 8.32. The lowest BCUT2D eigenvalue weighted by molar-refractivity contribution is 0.0948. The summed E-state index contributed by atoms with van der Waals surface area (Å²) in [6.07, 6.45) is 2.02. The average Bonchev–Trinajstić information content (AvgIpc) is 3.59. The van der Waals surface area contributed by atoms with Crippen molar-refractivity contribution < 1.29 is 9.59 Å². The smallest absolute Gasteiger partial charge is 0.278 e. The number of hydrogen-bond acceptors (Lipinski definition) is 4. The highest BCUT2D eigenvalue weighted by molar-refractivity contribution is 6.05. The molecule has 1 N–H and O–H groups in total. The van der Waals surface area contributed by atoms with E-state index < -0.39 is 0 Å². The number of benzene rings is 2. The van der Waals surface area contributed by atoms with E-state index in [0.29, 0.717) is 11.3 Å². The van der Waals surface area contributed by atoms with Gasteiger partial charge in [0.05, 0.1) is 6.54 Å². The van der Waals surface area contributed by atoms with Crippen LogP contribution in [0.4, 0.5) is 5.69 Å². The maximum atomic E-state index is 13.0. The topological polar surface area (TPSA) is 84.3 Å². The predicted octanol–water partition coefficient (Wildman–Crippen LogP) is 2.46. The van der Waals surface area contributed by atoms with Crippen LogP contribution in [0.3, 0.4) is 0 Å². The molecule has 0 saturated heterocycles. The molecule has 30 heavy (non-hydrogen) atoms. The van der Waals surface area contributed by atoms with Crippen LogP contribution in [0.5, 0.6) is 0 Å². The SMILES string of the molecule is CN(C(=O)c1ccc(=O)n(Cc2ccccc2)n1)c1cccc(C(=O)NC2CC2)c1. The highest BCUT2D eigenvalue weighted by Gasteiger charge is 2.24. The zero-order valence-electron chi connectivity index (χ0n) is 16.6. The van der Waals surface area contributed by atoms with Crippen LogP contribution in [0.1, 0.15) is 39.3 Å². The van der Waals surface area contributed by atoms with E-state index in [1.54, 1.807) is 31.3 Å². The first-order valence-electron chi connectivity index (χ1n) is 9.82. The first-order valence-corrected chi connectivity index (χ1v) is 9.82. The highest BCUT2D eigenvalue weighted by Crippen LogP contribution is 2.21. The third-order valence-corrected chi connectivity index (χ3v) is 4.97. The number of carbonyl (C=O) groups is 2. The third-order valence-electron chi connectivity index (χ3n) is 4.97. The van der Waals surface area contributed by atoms with E-state index in [9.17, 15) is 14.4 Å². The van der Waals surface area contributed by atoms with Gasteiger partial charge >= 0.3 is 0 Å². The van der Waals surface area contributed by atoms with Gasteiger partial charge in [-0.15, -0.1) is 0 Å². The van der Waals surface area contributed by atoms with Gasteiger partial charge in [-0.1, -0.05) is 36.4 Å². The summed E-state index contributed by atoms with van der Waals surface area (Å²) in [6, 6.07) is 19.4. The summed E-state index contributed by atoms with van der Waals surface area (Å²) in [4.78, 5) is 38.9. The van der Waals surface area contributed by atoms with Gasteiger partial charge in [0, 0.05) is 30.4 Å². The van der Waals surface area contributed by atoms with Crippen LogP contribution < -0.4 is 15.8 Å². The third kappa shape index (κ3) is 4.46. The summed E-state index contributed by atoms with van der Waals surface area (Å²) in [5.74, 6) is -0.508. The van der Waals surface area contributed by atoms with Gasteiger partial charge in [0.2, 0.25) is 0 Å². The van der Waals surface area contributed by atoms with Gasteiger partial charge in [-0.2, -0.15) is 5.10 Å². The summed E-state index contributed by atoms with van der Waals surface area (Å²) in [5, 5.41) is 7.19. The first kappa shape index (κ1) is 19.6. The minimum atomic E-state index is -0.364. The van der Waals surface area contributed by atoms with Crippen LogP contribution in [-0.2, 0) is 6.54 Å². The average molecular weight is 402 g/mol. The molecule has 7 heteroatoms. The van der Waals surface area contributed by atoms with E-state index in [4.69, 9.17) is 0 Å². The Labute approximate surface area is 174 Å². The lowest BCUT2D eigenvalue weighted by Gasteiger charge is -2.18. The second-order valence-corrected chi connectivity index (χ2v) is 7.36. The number of hydrogen-bond donors (Lipinski definition) is 1. The van der Waals surface area contributed by atoms with Gasteiger partial charge in [0.25, 0.3) is 17.4 Å². The maximum absolute atomic E-state index is 13.0. The largest absolute Gasteiger partial charge is 0.349 e. The second-order valence-electron chi connectivity index (χ2n) is 7.36. The molecule has 4 rings (SSSR count). The Bertz CT molecular complexity index is 1140. The number of amides is 2. The van der Waals surface area contributed by atoms with Crippen molar-refractivity contribution in [1.29, 1.82) is 0 Å². The molecule has 1 heterocycles.